The van der Waals surface area contributed by atoms with Gasteiger partial charge in [-0.05, 0) is 49.2 Å². The summed E-state index contributed by atoms with van der Waals surface area (Å²) >= 11 is 0. The third-order valence-electron chi connectivity index (χ3n) is 4.61. The molecule has 0 heterocycles. The van der Waals surface area contributed by atoms with Gasteiger partial charge >= 0.3 is 0 Å². The Kier molecular flexibility index (Phi) is 6.87. The molecule has 2 atom stereocenters. The van der Waals surface area contributed by atoms with Gasteiger partial charge in [0, 0.05) is 0 Å². The minimum absolute atomic E-state index is 0.410. The van der Waals surface area contributed by atoms with Crippen molar-refractivity contribution in [3.63, 3.8) is 0 Å². The van der Waals surface area contributed by atoms with Crippen LogP contribution in [0.5, 0.6) is 0 Å². The fourth-order valence-electron chi connectivity index (χ4n) is 3.27. The van der Waals surface area contributed by atoms with Gasteiger partial charge in [-0.25, -0.2) is 0 Å². The molecule has 0 aliphatic heterocycles. The van der Waals surface area contributed by atoms with Crippen molar-refractivity contribution in [2.75, 3.05) is 0 Å². The zero-order valence-corrected chi connectivity index (χ0v) is 14.2. The van der Waals surface area contributed by atoms with Gasteiger partial charge in [-0.15, -0.1) is 0 Å². The van der Waals surface area contributed by atoms with Crippen LogP contribution in [0.3, 0.4) is 0 Å². The van der Waals surface area contributed by atoms with Crippen molar-refractivity contribution in [1.82, 2.24) is 0 Å². The van der Waals surface area contributed by atoms with Gasteiger partial charge in [0.2, 0.25) is 0 Å². The summed E-state index contributed by atoms with van der Waals surface area (Å²) in [5, 5.41) is 0. The van der Waals surface area contributed by atoms with E-state index in [9.17, 15) is 4.79 Å². The molecule has 1 heteroatoms. The first kappa shape index (κ1) is 17.7. The molecule has 0 bridgehead atoms. The maximum Gasteiger partial charge on any atom is 0.143 e. The Balaban J connectivity index is 2.70. The van der Waals surface area contributed by atoms with Crippen molar-refractivity contribution in [2.24, 2.45) is 17.3 Å². The summed E-state index contributed by atoms with van der Waals surface area (Å²) in [6.45, 7) is 11.2. The van der Waals surface area contributed by atoms with Crippen molar-refractivity contribution in [3.8, 4) is 0 Å². The lowest BCUT2D eigenvalue weighted by molar-refractivity contribution is -0.104. The Labute approximate surface area is 130 Å². The van der Waals surface area contributed by atoms with Crippen LogP contribution in [-0.4, -0.2) is 6.29 Å². The molecule has 1 aliphatic carbocycles. The molecule has 0 aromatic heterocycles. The maximum absolute atomic E-state index is 10.3. The van der Waals surface area contributed by atoms with E-state index in [2.05, 4.69) is 45.9 Å². The number of hydrogen-bond acceptors (Lipinski definition) is 1. The van der Waals surface area contributed by atoms with Crippen LogP contribution in [0.15, 0.2) is 47.6 Å². The Bertz CT molecular complexity index is 460. The molecule has 0 radical (unpaired) electrons. The number of allylic oxidation sites excluding steroid dienone is 8. The van der Waals surface area contributed by atoms with E-state index < -0.39 is 0 Å². The summed E-state index contributed by atoms with van der Waals surface area (Å²) in [5.41, 5.74) is 2.63. The van der Waals surface area contributed by atoms with E-state index in [1.54, 1.807) is 6.08 Å². The van der Waals surface area contributed by atoms with Crippen LogP contribution in [0.4, 0.5) is 0 Å². The molecule has 0 amide bonds. The summed E-state index contributed by atoms with van der Waals surface area (Å²) in [6.07, 6.45) is 17.1. The Hall–Kier alpha value is -1.37. The second-order valence-corrected chi connectivity index (χ2v) is 7.06. The van der Waals surface area contributed by atoms with E-state index in [-0.39, 0.29) is 0 Å². The van der Waals surface area contributed by atoms with Gasteiger partial charge in [0.05, 0.1) is 0 Å². The van der Waals surface area contributed by atoms with Gasteiger partial charge in [-0.2, -0.15) is 0 Å². The minimum atomic E-state index is 0.410. The van der Waals surface area contributed by atoms with Gasteiger partial charge in [-0.3, -0.25) is 4.79 Å². The van der Waals surface area contributed by atoms with Crippen LogP contribution in [0.1, 0.15) is 53.9 Å². The van der Waals surface area contributed by atoms with Gasteiger partial charge in [-0.1, -0.05) is 69.6 Å². The van der Waals surface area contributed by atoms with E-state index in [4.69, 9.17) is 0 Å². The van der Waals surface area contributed by atoms with Crippen LogP contribution >= 0.6 is 0 Å². The molecule has 0 aromatic rings. The molecule has 21 heavy (non-hydrogen) atoms. The summed E-state index contributed by atoms with van der Waals surface area (Å²) in [4.78, 5) is 10.3. The average Bonchev–Trinajstić information content (AvgIpc) is 2.37. The fraction of sp³-hybridized carbons (Fsp3) is 0.550. The molecular formula is C20H30O. The van der Waals surface area contributed by atoms with Crippen molar-refractivity contribution < 1.29 is 4.79 Å². The summed E-state index contributed by atoms with van der Waals surface area (Å²) in [7, 11) is 0. The standard InChI is InChI=1S/C20H30O/c1-16(8-6-9-17(2)13-15-21)11-12-19-18(3)10-7-14-20(19,4)5/h6,8-9,11-13,15,18-19H,7,10,14H2,1-5H3/b9-6+,12-11+,16-8+,17-13+/t18-,19+/m0/s1. The zero-order chi connectivity index (χ0) is 15.9. The number of rotatable bonds is 5. The highest BCUT2D eigenvalue weighted by atomic mass is 16.1. The summed E-state index contributed by atoms with van der Waals surface area (Å²) in [6, 6.07) is 0. The van der Waals surface area contributed by atoms with E-state index in [0.717, 1.165) is 17.8 Å². The van der Waals surface area contributed by atoms with Crippen molar-refractivity contribution in [1.29, 1.82) is 0 Å². The molecule has 0 unspecified atom stereocenters. The van der Waals surface area contributed by atoms with Crippen LogP contribution in [0.25, 0.3) is 0 Å². The predicted molar refractivity (Wildman–Crippen MR) is 92.1 cm³/mol. The average molecular weight is 286 g/mol. The lowest BCUT2D eigenvalue weighted by Crippen LogP contribution is -2.32. The highest BCUT2D eigenvalue weighted by Gasteiger charge is 2.34. The predicted octanol–water partition coefficient (Wildman–Crippen LogP) is 5.65. The summed E-state index contributed by atoms with van der Waals surface area (Å²) in [5.74, 6) is 1.43. The first-order chi connectivity index (χ1) is 9.86. The molecule has 0 saturated heterocycles. The zero-order valence-electron chi connectivity index (χ0n) is 14.2. The van der Waals surface area contributed by atoms with Crippen molar-refractivity contribution >= 4 is 6.29 Å². The normalized spacial score (nSPS) is 27.5. The van der Waals surface area contributed by atoms with E-state index in [0.29, 0.717) is 11.3 Å². The van der Waals surface area contributed by atoms with Gasteiger partial charge in [0.15, 0.2) is 0 Å². The molecule has 0 aromatic carbocycles. The van der Waals surface area contributed by atoms with Crippen LogP contribution in [-0.2, 0) is 4.79 Å². The lowest BCUT2D eigenvalue weighted by atomic mass is 9.64. The second kappa shape index (κ2) is 8.17. The Morgan fingerprint density at radius 1 is 1.10 bits per heavy atom. The van der Waals surface area contributed by atoms with Crippen LogP contribution < -0.4 is 0 Å². The number of aldehydes is 1. The molecule has 116 valence electrons. The Morgan fingerprint density at radius 3 is 2.38 bits per heavy atom. The Morgan fingerprint density at radius 2 is 1.76 bits per heavy atom. The molecule has 1 fully saturated rings. The fourth-order valence-corrected chi connectivity index (χ4v) is 3.27. The lowest BCUT2D eigenvalue weighted by Gasteiger charge is -2.41. The topological polar surface area (TPSA) is 17.1 Å². The molecule has 1 rings (SSSR count). The van der Waals surface area contributed by atoms with Crippen LogP contribution in [0.2, 0.25) is 0 Å². The third-order valence-corrected chi connectivity index (χ3v) is 4.61. The molecular weight excluding hydrogens is 256 g/mol. The highest BCUT2D eigenvalue weighted by molar-refractivity contribution is 5.66. The first-order valence-corrected chi connectivity index (χ1v) is 8.02. The quantitative estimate of drug-likeness (QED) is 0.362. The molecule has 1 nitrogen and oxygen atoms in total. The molecule has 0 spiro atoms. The third kappa shape index (κ3) is 5.87. The highest BCUT2D eigenvalue weighted by Crippen LogP contribution is 2.44. The second-order valence-electron chi connectivity index (χ2n) is 7.06. The number of hydrogen-bond donors (Lipinski definition) is 0. The van der Waals surface area contributed by atoms with E-state index in [1.165, 1.54) is 24.8 Å². The van der Waals surface area contributed by atoms with Gasteiger partial charge < -0.3 is 0 Å². The van der Waals surface area contributed by atoms with E-state index >= 15 is 0 Å². The van der Waals surface area contributed by atoms with Crippen molar-refractivity contribution in [2.45, 2.75) is 53.9 Å². The molecule has 1 aliphatic rings. The van der Waals surface area contributed by atoms with Gasteiger partial charge in [0.1, 0.15) is 6.29 Å². The number of carbonyl (C=O) groups is 1. The smallest absolute Gasteiger partial charge is 0.143 e. The minimum Gasteiger partial charge on any atom is -0.299 e. The van der Waals surface area contributed by atoms with Crippen LogP contribution in [0, 0.1) is 17.3 Å². The first-order valence-electron chi connectivity index (χ1n) is 8.02. The molecule has 1 saturated carbocycles. The molecule has 0 N–H and O–H groups in total. The van der Waals surface area contributed by atoms with Crippen molar-refractivity contribution in [3.05, 3.63) is 47.6 Å². The summed E-state index contributed by atoms with van der Waals surface area (Å²) < 4.78 is 0. The SMILES string of the molecule is CC(/C=C/C=C(C)/C=C/[C@@H]1[C@@H](C)CCCC1(C)C)=C\C=O. The van der Waals surface area contributed by atoms with Gasteiger partial charge in [0.25, 0.3) is 0 Å². The maximum atomic E-state index is 10.3. The monoisotopic (exact) mass is 286 g/mol. The largest absolute Gasteiger partial charge is 0.299 e. The van der Waals surface area contributed by atoms with E-state index in [1.807, 2.05) is 19.1 Å². The number of carbonyl (C=O) groups excluding carboxylic acids is 1.